The van der Waals surface area contributed by atoms with Crippen LogP contribution in [0.3, 0.4) is 0 Å². The van der Waals surface area contributed by atoms with Crippen LogP contribution in [0.1, 0.15) is 13.7 Å². The Labute approximate surface area is 385 Å². The van der Waals surface area contributed by atoms with Gasteiger partial charge in [-0.25, -0.2) is 8.78 Å². The smallest absolute Gasteiger partial charge is 0.147 e. The first-order chi connectivity index (χ1) is 35.7. The molecule has 304 valence electrons. The SMILES string of the molecule is [2H]c1c([2H])c([2H])c(-c2ccc(N(C3=CC=C4C=CC5=C(N(c6ccc7ccccc7c6)c6ccc(-c7c([2H])c([2H])c([2H])c([2H])c7[2H])cc6F)C=CC6=CC=C3C4C65)c3ccc4ccccc4c3)c(F)c2)c([2H])c1[2H]. The molecule has 4 aliphatic carbocycles. The predicted molar refractivity (Wildman–Crippen MR) is 260 cm³/mol. The summed E-state index contributed by atoms with van der Waals surface area (Å²) in [4.78, 5) is 3.72. The summed E-state index contributed by atoms with van der Waals surface area (Å²) >= 11 is 0. The quantitative estimate of drug-likeness (QED) is 0.150. The lowest BCUT2D eigenvalue weighted by Crippen LogP contribution is -2.35. The average Bonchev–Trinajstić information content (AvgIpc) is 3.42. The van der Waals surface area contributed by atoms with Gasteiger partial charge in [-0.15, -0.1) is 0 Å². The number of nitrogens with zero attached hydrogens (tertiary/aromatic N) is 2. The van der Waals surface area contributed by atoms with Gasteiger partial charge in [0.25, 0.3) is 0 Å². The van der Waals surface area contributed by atoms with E-state index < -0.39 is 72.1 Å². The molecule has 8 aromatic rings. The highest BCUT2D eigenvalue weighted by Gasteiger charge is 2.43. The lowest BCUT2D eigenvalue weighted by molar-refractivity contribution is 0.550. The van der Waals surface area contributed by atoms with E-state index in [1.165, 1.54) is 12.1 Å². The topological polar surface area (TPSA) is 6.48 Å². The molecule has 0 heterocycles. The summed E-state index contributed by atoms with van der Waals surface area (Å²) in [5.41, 5.74) is 6.90. The molecular formula is C60H40F2N2. The fraction of sp³-hybridized carbons (Fsp3) is 0.0333. The van der Waals surface area contributed by atoms with Crippen LogP contribution >= 0.6 is 0 Å². The summed E-state index contributed by atoms with van der Waals surface area (Å²) in [5, 5.41) is 3.83. The van der Waals surface area contributed by atoms with Crippen LogP contribution in [-0.2, 0) is 0 Å². The van der Waals surface area contributed by atoms with Crippen LogP contribution in [0.2, 0.25) is 0 Å². The Bertz CT molecular complexity index is 3980. The second-order valence-corrected chi connectivity index (χ2v) is 16.0. The van der Waals surface area contributed by atoms with Gasteiger partial charge in [0, 0.05) is 23.2 Å². The van der Waals surface area contributed by atoms with Gasteiger partial charge < -0.3 is 9.80 Å². The van der Waals surface area contributed by atoms with Crippen molar-refractivity contribution in [2.75, 3.05) is 9.80 Å². The summed E-state index contributed by atoms with van der Waals surface area (Å²) < 4.78 is 118. The molecule has 0 aromatic heterocycles. The zero-order valence-corrected chi connectivity index (χ0v) is 34.0. The number of rotatable bonds is 8. The summed E-state index contributed by atoms with van der Waals surface area (Å²) in [6.45, 7) is 0. The van der Waals surface area contributed by atoms with Gasteiger partial charge in [-0.2, -0.15) is 0 Å². The molecule has 64 heavy (non-hydrogen) atoms. The highest BCUT2D eigenvalue weighted by molar-refractivity contribution is 5.90. The van der Waals surface area contributed by atoms with Crippen molar-refractivity contribution in [3.05, 3.63) is 276 Å². The van der Waals surface area contributed by atoms with Gasteiger partial charge in [0.2, 0.25) is 0 Å². The van der Waals surface area contributed by atoms with Crippen molar-refractivity contribution < 1.29 is 22.5 Å². The summed E-state index contributed by atoms with van der Waals surface area (Å²) in [7, 11) is 0. The Kier molecular flexibility index (Phi) is 6.85. The van der Waals surface area contributed by atoms with Gasteiger partial charge in [0.1, 0.15) is 11.6 Å². The Hall–Kier alpha value is -8.08. The number of hydrogen-bond acceptors (Lipinski definition) is 2. The van der Waals surface area contributed by atoms with Crippen LogP contribution in [0.4, 0.5) is 31.5 Å². The van der Waals surface area contributed by atoms with E-state index >= 15 is 8.78 Å². The third kappa shape index (κ3) is 6.37. The molecule has 2 unspecified atom stereocenters. The summed E-state index contributed by atoms with van der Waals surface area (Å²) in [5.74, 6) is -1.94. The van der Waals surface area contributed by atoms with Crippen molar-refractivity contribution in [2.24, 2.45) is 11.8 Å². The first-order valence-corrected chi connectivity index (χ1v) is 21.0. The van der Waals surface area contributed by atoms with E-state index in [2.05, 4.69) is 24.3 Å². The van der Waals surface area contributed by atoms with Crippen molar-refractivity contribution in [3.63, 3.8) is 0 Å². The molecule has 0 aliphatic heterocycles. The van der Waals surface area contributed by atoms with Gasteiger partial charge in [-0.05, 0) is 127 Å². The van der Waals surface area contributed by atoms with Crippen LogP contribution in [0.25, 0.3) is 43.8 Å². The number of benzene rings is 8. The largest absolute Gasteiger partial charge is 0.307 e. The normalized spacial score (nSPS) is 19.3. The lowest BCUT2D eigenvalue weighted by Gasteiger charge is -2.45. The molecule has 0 bridgehead atoms. The first-order valence-electron chi connectivity index (χ1n) is 26.0. The molecular weight excluding hydrogens is 787 g/mol. The minimum absolute atomic E-state index is 0.104. The zero-order valence-electron chi connectivity index (χ0n) is 44.0. The highest BCUT2D eigenvalue weighted by Crippen LogP contribution is 2.54. The molecule has 4 aliphatic rings. The second-order valence-electron chi connectivity index (χ2n) is 16.0. The average molecular weight is 837 g/mol. The molecule has 8 aromatic carbocycles. The third-order valence-electron chi connectivity index (χ3n) is 12.5. The van der Waals surface area contributed by atoms with E-state index in [4.69, 9.17) is 13.7 Å². The molecule has 0 radical (unpaired) electrons. The molecule has 0 saturated heterocycles. The van der Waals surface area contributed by atoms with Gasteiger partial charge >= 0.3 is 0 Å². The van der Waals surface area contributed by atoms with Crippen LogP contribution < -0.4 is 9.80 Å². The summed E-state index contributed by atoms with van der Waals surface area (Å²) in [6, 6.07) is 31.5. The fourth-order valence-corrected chi connectivity index (χ4v) is 9.57. The maximum atomic E-state index is 17.3. The summed E-state index contributed by atoms with van der Waals surface area (Å²) in [6.07, 6.45) is 16.3. The third-order valence-corrected chi connectivity index (χ3v) is 12.5. The fourth-order valence-electron chi connectivity index (χ4n) is 9.57. The minimum Gasteiger partial charge on any atom is -0.307 e. The number of anilines is 4. The maximum Gasteiger partial charge on any atom is 0.147 e. The zero-order chi connectivity index (χ0) is 51.4. The van der Waals surface area contributed by atoms with Gasteiger partial charge in [-0.1, -0.05) is 170 Å². The molecule has 12 rings (SSSR count). The van der Waals surface area contributed by atoms with Crippen LogP contribution in [-0.4, -0.2) is 0 Å². The van der Waals surface area contributed by atoms with Gasteiger partial charge in [0.15, 0.2) is 0 Å². The molecule has 0 saturated carbocycles. The van der Waals surface area contributed by atoms with Crippen molar-refractivity contribution in [1.82, 2.24) is 0 Å². The second kappa shape index (κ2) is 15.4. The highest BCUT2D eigenvalue weighted by atomic mass is 19.1. The van der Waals surface area contributed by atoms with Crippen molar-refractivity contribution >= 4 is 44.3 Å². The Balaban J connectivity index is 1.00. The standard InChI is InChI=1S/C60H40F2N2/c61-53-37-47(39-11-3-1-4-12-39)25-33-57(53)63(49-27-19-41-15-7-9-17-45(41)35-49)55-31-23-43-22-30-52-56(32-24-44-21-29-51(55)59(43)60(44)52)64(50-28-20-42-16-8-10-18-46(42)36-50)58-34-26-48(38-54(58)62)40-13-5-2-6-14-40/h1-38,59-60H/i1D,2D,3D,4D,5D,6D,11D,12D,13D,14D. The van der Waals surface area contributed by atoms with E-state index in [-0.39, 0.29) is 45.5 Å². The van der Waals surface area contributed by atoms with E-state index in [0.717, 1.165) is 43.8 Å². The Morgan fingerprint density at radius 3 is 1.53 bits per heavy atom. The van der Waals surface area contributed by atoms with Crippen LogP contribution in [0.15, 0.2) is 264 Å². The number of allylic oxidation sites excluding steroid dienone is 12. The number of hydrogen-bond donors (Lipinski definition) is 0. The van der Waals surface area contributed by atoms with Crippen molar-refractivity contribution in [2.45, 2.75) is 0 Å². The maximum absolute atomic E-state index is 17.3. The molecule has 0 fully saturated rings. The van der Waals surface area contributed by atoms with E-state index in [1.54, 1.807) is 24.3 Å². The minimum atomic E-state index is -0.677. The van der Waals surface area contributed by atoms with Crippen LogP contribution in [0, 0.1) is 23.5 Å². The lowest BCUT2D eigenvalue weighted by atomic mass is 9.63. The van der Waals surface area contributed by atoms with E-state index in [9.17, 15) is 0 Å². The monoisotopic (exact) mass is 836 g/mol. The molecule has 0 spiro atoms. The first kappa shape index (κ1) is 28.5. The molecule has 2 atom stereocenters. The Morgan fingerprint density at radius 2 is 0.938 bits per heavy atom. The van der Waals surface area contributed by atoms with Gasteiger partial charge in [0.05, 0.1) is 36.5 Å². The van der Waals surface area contributed by atoms with Gasteiger partial charge in [-0.3, -0.25) is 0 Å². The van der Waals surface area contributed by atoms with Crippen LogP contribution in [0.5, 0.6) is 0 Å². The molecule has 2 nitrogen and oxygen atoms in total. The van der Waals surface area contributed by atoms with E-state index in [1.807, 2.05) is 119 Å². The number of halogens is 2. The molecule has 4 heteroatoms. The van der Waals surface area contributed by atoms with Crippen molar-refractivity contribution in [1.29, 1.82) is 0 Å². The van der Waals surface area contributed by atoms with Crippen molar-refractivity contribution in [3.8, 4) is 22.3 Å². The van der Waals surface area contributed by atoms with E-state index in [0.29, 0.717) is 22.8 Å². The molecule has 0 N–H and O–H groups in total. The Morgan fingerprint density at radius 1 is 0.422 bits per heavy atom. The molecule has 0 amide bonds. The number of fused-ring (bicyclic) bond motifs is 2. The predicted octanol–water partition coefficient (Wildman–Crippen LogP) is 15.9.